The van der Waals surface area contributed by atoms with E-state index in [2.05, 4.69) is 21.6 Å². The number of aromatic nitrogens is 2. The number of unbranched alkanes of at least 4 members (excludes halogenated alkanes) is 3. The van der Waals surface area contributed by atoms with Crippen LogP contribution in [0.25, 0.3) is 0 Å². The second-order valence-electron chi connectivity index (χ2n) is 4.67. The molecule has 0 aliphatic rings. The van der Waals surface area contributed by atoms with E-state index in [-0.39, 0.29) is 18.2 Å². The standard InChI is InChI=1S/C12H24N4O2S.ClH/c1-2-3-4-5-9-19(17,18)15-8-6-7-11-10-14-12(13)16-11;/h10,15H,2-9H2,1H3,(H3,13,14,16);1H. The zero-order valence-electron chi connectivity index (χ0n) is 11.9. The number of anilines is 1. The van der Waals surface area contributed by atoms with E-state index in [0.29, 0.717) is 12.5 Å². The minimum atomic E-state index is -3.11. The third kappa shape index (κ3) is 8.39. The molecule has 8 heteroatoms. The fourth-order valence-corrected chi connectivity index (χ4v) is 2.98. The van der Waals surface area contributed by atoms with Crippen LogP contribution in [0.5, 0.6) is 0 Å². The first-order chi connectivity index (χ1) is 9.03. The Labute approximate surface area is 127 Å². The Balaban J connectivity index is 0.00000361. The highest BCUT2D eigenvalue weighted by molar-refractivity contribution is 7.89. The van der Waals surface area contributed by atoms with Crippen molar-refractivity contribution < 1.29 is 8.42 Å². The summed E-state index contributed by atoms with van der Waals surface area (Å²) in [6, 6.07) is 0. The van der Waals surface area contributed by atoms with Crippen LogP contribution in [0.1, 0.15) is 44.7 Å². The van der Waals surface area contributed by atoms with Gasteiger partial charge in [0, 0.05) is 12.2 Å². The molecule has 0 fully saturated rings. The summed E-state index contributed by atoms with van der Waals surface area (Å²) < 4.78 is 25.9. The van der Waals surface area contributed by atoms with Crippen molar-refractivity contribution in [1.29, 1.82) is 0 Å². The lowest BCUT2D eigenvalue weighted by Crippen LogP contribution is -2.27. The second kappa shape index (κ2) is 10.0. The number of imidazole rings is 1. The van der Waals surface area contributed by atoms with Crippen molar-refractivity contribution in [3.63, 3.8) is 0 Å². The van der Waals surface area contributed by atoms with Gasteiger partial charge in [-0.15, -0.1) is 12.4 Å². The Morgan fingerprint density at radius 2 is 2.05 bits per heavy atom. The van der Waals surface area contributed by atoms with Crippen molar-refractivity contribution in [3.8, 4) is 0 Å². The molecular formula is C12H25ClN4O2S. The lowest BCUT2D eigenvalue weighted by atomic mass is 10.2. The van der Waals surface area contributed by atoms with Crippen LogP contribution in [-0.4, -0.2) is 30.7 Å². The summed E-state index contributed by atoms with van der Waals surface area (Å²) in [5.41, 5.74) is 6.38. The average Bonchev–Trinajstić information content (AvgIpc) is 2.76. The van der Waals surface area contributed by atoms with Gasteiger partial charge in [-0.2, -0.15) is 0 Å². The van der Waals surface area contributed by atoms with E-state index in [4.69, 9.17) is 5.73 Å². The lowest BCUT2D eigenvalue weighted by Gasteiger charge is -2.06. The minimum Gasteiger partial charge on any atom is -0.369 e. The van der Waals surface area contributed by atoms with Gasteiger partial charge in [0.1, 0.15) is 0 Å². The van der Waals surface area contributed by atoms with Gasteiger partial charge < -0.3 is 10.7 Å². The summed E-state index contributed by atoms with van der Waals surface area (Å²) in [4.78, 5) is 6.80. The van der Waals surface area contributed by atoms with Crippen LogP contribution < -0.4 is 10.5 Å². The van der Waals surface area contributed by atoms with Crippen molar-refractivity contribution in [2.45, 2.75) is 45.4 Å². The highest BCUT2D eigenvalue weighted by atomic mass is 35.5. The van der Waals surface area contributed by atoms with E-state index < -0.39 is 10.0 Å². The third-order valence-electron chi connectivity index (χ3n) is 2.86. The van der Waals surface area contributed by atoms with Crippen LogP contribution in [0.2, 0.25) is 0 Å². The molecule has 6 nitrogen and oxygen atoms in total. The van der Waals surface area contributed by atoms with Crippen molar-refractivity contribution in [3.05, 3.63) is 11.9 Å². The third-order valence-corrected chi connectivity index (χ3v) is 4.33. The van der Waals surface area contributed by atoms with Crippen LogP contribution in [0.15, 0.2) is 6.20 Å². The number of hydrogen-bond acceptors (Lipinski definition) is 4. The summed E-state index contributed by atoms with van der Waals surface area (Å²) in [7, 11) is -3.11. The molecule has 0 unspecified atom stereocenters. The van der Waals surface area contributed by atoms with Crippen molar-refractivity contribution in [2.75, 3.05) is 18.0 Å². The maximum absolute atomic E-state index is 11.7. The van der Waals surface area contributed by atoms with Crippen molar-refractivity contribution >= 4 is 28.4 Å². The van der Waals surface area contributed by atoms with Crippen LogP contribution >= 0.6 is 12.4 Å². The number of nitrogens with zero attached hydrogens (tertiary/aromatic N) is 1. The number of hydrogen-bond donors (Lipinski definition) is 3. The molecule has 20 heavy (non-hydrogen) atoms. The topological polar surface area (TPSA) is 101 Å². The first kappa shape index (κ1) is 19.2. The van der Waals surface area contributed by atoms with E-state index in [1.165, 1.54) is 0 Å². The Hall–Kier alpha value is -0.790. The van der Waals surface area contributed by atoms with Crippen molar-refractivity contribution in [1.82, 2.24) is 14.7 Å². The zero-order valence-corrected chi connectivity index (χ0v) is 13.5. The molecular weight excluding hydrogens is 300 g/mol. The first-order valence-corrected chi connectivity index (χ1v) is 8.45. The Morgan fingerprint density at radius 3 is 2.65 bits per heavy atom. The Bertz CT molecular complexity index is 462. The summed E-state index contributed by atoms with van der Waals surface area (Å²) in [6.45, 7) is 2.56. The van der Waals surface area contributed by atoms with Crippen LogP contribution in [0.3, 0.4) is 0 Å². The largest absolute Gasteiger partial charge is 0.369 e. The van der Waals surface area contributed by atoms with Gasteiger partial charge in [-0.05, 0) is 19.3 Å². The van der Waals surface area contributed by atoms with Gasteiger partial charge in [0.2, 0.25) is 10.0 Å². The molecule has 0 saturated heterocycles. The van der Waals surface area contributed by atoms with Gasteiger partial charge in [-0.25, -0.2) is 18.1 Å². The highest BCUT2D eigenvalue weighted by Gasteiger charge is 2.08. The predicted molar refractivity (Wildman–Crippen MR) is 84.5 cm³/mol. The van der Waals surface area contributed by atoms with Gasteiger partial charge in [-0.3, -0.25) is 0 Å². The number of sulfonamides is 1. The highest BCUT2D eigenvalue weighted by Crippen LogP contribution is 2.03. The van der Waals surface area contributed by atoms with E-state index in [0.717, 1.165) is 44.2 Å². The van der Waals surface area contributed by atoms with Gasteiger partial charge in [-0.1, -0.05) is 26.2 Å². The molecule has 0 atom stereocenters. The lowest BCUT2D eigenvalue weighted by molar-refractivity contribution is 0.572. The number of nitrogens with two attached hydrogens (primary N) is 1. The summed E-state index contributed by atoms with van der Waals surface area (Å²) >= 11 is 0. The molecule has 0 aliphatic carbocycles. The molecule has 1 heterocycles. The molecule has 118 valence electrons. The van der Waals surface area contributed by atoms with Gasteiger partial charge in [0.15, 0.2) is 5.95 Å². The monoisotopic (exact) mass is 324 g/mol. The molecule has 0 bridgehead atoms. The van der Waals surface area contributed by atoms with E-state index in [1.807, 2.05) is 0 Å². The maximum Gasteiger partial charge on any atom is 0.211 e. The molecule has 4 N–H and O–H groups in total. The molecule has 0 aromatic carbocycles. The van der Waals surface area contributed by atoms with E-state index in [9.17, 15) is 8.42 Å². The molecule has 0 radical (unpaired) electrons. The molecule has 1 aromatic rings. The number of halogens is 1. The van der Waals surface area contributed by atoms with Crippen LogP contribution in [-0.2, 0) is 16.4 Å². The number of rotatable bonds is 10. The average molecular weight is 325 g/mol. The quantitative estimate of drug-likeness (QED) is 0.572. The summed E-state index contributed by atoms with van der Waals surface area (Å²) in [5, 5.41) is 0. The number of nitrogens with one attached hydrogen (secondary N) is 2. The summed E-state index contributed by atoms with van der Waals surface area (Å²) in [5.74, 6) is 0.621. The van der Waals surface area contributed by atoms with Crippen LogP contribution in [0, 0.1) is 0 Å². The molecule has 0 aliphatic heterocycles. The second-order valence-corrected chi connectivity index (χ2v) is 6.60. The number of H-pyrrole nitrogens is 1. The van der Waals surface area contributed by atoms with Crippen LogP contribution in [0.4, 0.5) is 5.95 Å². The van der Waals surface area contributed by atoms with Crippen molar-refractivity contribution in [2.24, 2.45) is 0 Å². The fraction of sp³-hybridized carbons (Fsp3) is 0.750. The molecule has 1 aromatic heterocycles. The number of aryl methyl sites for hydroxylation is 1. The zero-order chi connectivity index (χ0) is 14.1. The number of aromatic amines is 1. The van der Waals surface area contributed by atoms with Gasteiger partial charge >= 0.3 is 0 Å². The Morgan fingerprint density at radius 1 is 1.30 bits per heavy atom. The maximum atomic E-state index is 11.7. The molecule has 0 saturated carbocycles. The predicted octanol–water partition coefficient (Wildman–Crippen LogP) is 1.85. The first-order valence-electron chi connectivity index (χ1n) is 6.80. The minimum absolute atomic E-state index is 0. The fourth-order valence-electron chi connectivity index (χ4n) is 1.80. The molecule has 0 amide bonds. The smallest absolute Gasteiger partial charge is 0.211 e. The molecule has 1 rings (SSSR count). The normalized spacial score (nSPS) is 11.2. The van der Waals surface area contributed by atoms with Gasteiger partial charge in [0.05, 0.1) is 11.9 Å². The molecule has 0 spiro atoms. The van der Waals surface area contributed by atoms with E-state index in [1.54, 1.807) is 6.20 Å². The van der Waals surface area contributed by atoms with Gasteiger partial charge in [0.25, 0.3) is 0 Å². The Kier molecular flexibility index (Phi) is 9.62. The van der Waals surface area contributed by atoms with E-state index >= 15 is 0 Å². The summed E-state index contributed by atoms with van der Waals surface area (Å²) in [6.07, 6.45) is 7.07. The number of nitrogen functional groups attached to an aromatic ring is 1. The SMILES string of the molecule is CCCCCCS(=O)(=O)NCCCc1cnc(N)[nH]1.Cl.